The van der Waals surface area contributed by atoms with E-state index in [4.69, 9.17) is 0 Å². The first-order valence-corrected chi connectivity index (χ1v) is 9.29. The van der Waals surface area contributed by atoms with Gasteiger partial charge in [0.2, 0.25) is 11.8 Å². The highest BCUT2D eigenvalue weighted by molar-refractivity contribution is 7.15. The largest absolute Gasteiger partial charge is 0.351 e. The van der Waals surface area contributed by atoms with Crippen molar-refractivity contribution >= 4 is 28.8 Å². The van der Waals surface area contributed by atoms with E-state index in [1.807, 2.05) is 30.3 Å². The SMILES string of the molecule is O=C1CC(C(=O)NCc2cnc(-c3ccccc3)s2)c2cc(F)ccc2N1. The predicted octanol–water partition coefficient (Wildman–Crippen LogP) is 3.69. The Morgan fingerprint density at radius 2 is 2.07 bits per heavy atom. The molecule has 2 N–H and O–H groups in total. The molecule has 7 heteroatoms. The van der Waals surface area contributed by atoms with E-state index in [0.717, 1.165) is 15.4 Å². The molecule has 2 aromatic carbocycles. The molecule has 0 aliphatic carbocycles. The van der Waals surface area contributed by atoms with Crippen molar-refractivity contribution < 1.29 is 14.0 Å². The van der Waals surface area contributed by atoms with Gasteiger partial charge in [0.1, 0.15) is 10.8 Å². The van der Waals surface area contributed by atoms with Crippen LogP contribution in [0.2, 0.25) is 0 Å². The van der Waals surface area contributed by atoms with Gasteiger partial charge < -0.3 is 10.6 Å². The highest BCUT2D eigenvalue weighted by atomic mass is 32.1. The fourth-order valence-electron chi connectivity index (χ4n) is 3.07. The second-order valence-electron chi connectivity index (χ2n) is 6.25. The van der Waals surface area contributed by atoms with E-state index in [2.05, 4.69) is 15.6 Å². The van der Waals surface area contributed by atoms with Crippen molar-refractivity contribution in [3.8, 4) is 10.6 Å². The second-order valence-corrected chi connectivity index (χ2v) is 7.37. The summed E-state index contributed by atoms with van der Waals surface area (Å²) in [7, 11) is 0. The van der Waals surface area contributed by atoms with Crippen LogP contribution in [-0.4, -0.2) is 16.8 Å². The molecule has 2 amide bonds. The Bertz CT molecular complexity index is 1000. The monoisotopic (exact) mass is 381 g/mol. The Labute approximate surface area is 159 Å². The summed E-state index contributed by atoms with van der Waals surface area (Å²) in [6.07, 6.45) is 1.73. The van der Waals surface area contributed by atoms with Gasteiger partial charge >= 0.3 is 0 Å². The molecule has 0 bridgehead atoms. The van der Waals surface area contributed by atoms with Gasteiger partial charge in [-0.2, -0.15) is 0 Å². The average molecular weight is 381 g/mol. The minimum Gasteiger partial charge on any atom is -0.351 e. The van der Waals surface area contributed by atoms with Crippen LogP contribution in [0.15, 0.2) is 54.7 Å². The normalized spacial score (nSPS) is 15.7. The first-order chi connectivity index (χ1) is 13.1. The van der Waals surface area contributed by atoms with Crippen LogP contribution in [0.1, 0.15) is 22.8 Å². The number of amides is 2. The van der Waals surface area contributed by atoms with Crippen molar-refractivity contribution in [2.75, 3.05) is 5.32 Å². The number of halogens is 1. The topological polar surface area (TPSA) is 71.1 Å². The molecule has 1 aromatic heterocycles. The minimum atomic E-state index is -0.703. The van der Waals surface area contributed by atoms with Crippen molar-refractivity contribution in [1.82, 2.24) is 10.3 Å². The van der Waals surface area contributed by atoms with Crippen molar-refractivity contribution in [1.29, 1.82) is 0 Å². The number of anilines is 1. The maximum absolute atomic E-state index is 13.6. The maximum atomic E-state index is 13.6. The lowest BCUT2D eigenvalue weighted by Gasteiger charge is -2.24. The van der Waals surface area contributed by atoms with Gasteiger partial charge in [0, 0.05) is 28.7 Å². The molecule has 0 saturated carbocycles. The first kappa shape index (κ1) is 17.4. The summed E-state index contributed by atoms with van der Waals surface area (Å²) in [4.78, 5) is 29.8. The summed E-state index contributed by atoms with van der Waals surface area (Å²) in [6, 6.07) is 13.9. The second kappa shape index (κ2) is 7.28. The minimum absolute atomic E-state index is 0.000241. The van der Waals surface area contributed by atoms with E-state index in [1.54, 1.807) is 6.20 Å². The molecule has 27 heavy (non-hydrogen) atoms. The van der Waals surface area contributed by atoms with E-state index >= 15 is 0 Å². The number of rotatable bonds is 4. The molecule has 5 nitrogen and oxygen atoms in total. The van der Waals surface area contributed by atoms with Crippen molar-refractivity contribution in [2.45, 2.75) is 18.9 Å². The fraction of sp³-hybridized carbons (Fsp3) is 0.150. The van der Waals surface area contributed by atoms with E-state index in [9.17, 15) is 14.0 Å². The molecule has 3 aromatic rings. The van der Waals surface area contributed by atoms with E-state index in [-0.39, 0.29) is 18.2 Å². The summed E-state index contributed by atoms with van der Waals surface area (Å²) in [5.74, 6) is -1.69. The molecule has 1 aliphatic rings. The van der Waals surface area contributed by atoms with Gasteiger partial charge in [-0.05, 0) is 23.8 Å². The standard InChI is InChI=1S/C20H16FN3O2S/c21-13-6-7-17-15(8-13)16(9-18(25)24-17)19(26)22-10-14-11-23-20(27-14)12-4-2-1-3-5-12/h1-8,11,16H,9-10H2,(H,22,26)(H,24,25). The van der Waals surface area contributed by atoms with Crippen molar-refractivity contribution in [3.05, 3.63) is 71.0 Å². The molecule has 136 valence electrons. The average Bonchev–Trinajstić information content (AvgIpc) is 3.15. The summed E-state index contributed by atoms with van der Waals surface area (Å²) in [5.41, 5.74) is 2.01. The number of nitrogens with zero attached hydrogens (tertiary/aromatic N) is 1. The lowest BCUT2D eigenvalue weighted by molar-refractivity contribution is -0.126. The van der Waals surface area contributed by atoms with Crippen LogP contribution in [0, 0.1) is 5.82 Å². The lowest BCUT2D eigenvalue weighted by atomic mass is 9.89. The van der Waals surface area contributed by atoms with Crippen LogP contribution in [0.3, 0.4) is 0 Å². The van der Waals surface area contributed by atoms with Crippen LogP contribution < -0.4 is 10.6 Å². The Kier molecular flexibility index (Phi) is 4.68. The molecule has 2 heterocycles. The number of hydrogen-bond acceptors (Lipinski definition) is 4. The molecule has 4 rings (SSSR count). The zero-order valence-electron chi connectivity index (χ0n) is 14.2. The van der Waals surface area contributed by atoms with Crippen LogP contribution in [0.25, 0.3) is 10.6 Å². The quantitative estimate of drug-likeness (QED) is 0.724. The van der Waals surface area contributed by atoms with E-state index in [1.165, 1.54) is 29.5 Å². The fourth-order valence-corrected chi connectivity index (χ4v) is 3.92. The molecule has 0 saturated heterocycles. The third kappa shape index (κ3) is 3.73. The van der Waals surface area contributed by atoms with Gasteiger partial charge in [-0.25, -0.2) is 9.37 Å². The number of aromatic nitrogens is 1. The third-order valence-electron chi connectivity index (χ3n) is 4.38. The van der Waals surface area contributed by atoms with Gasteiger partial charge in [-0.15, -0.1) is 11.3 Å². The molecule has 0 radical (unpaired) electrons. The number of thiazole rings is 1. The summed E-state index contributed by atoms with van der Waals surface area (Å²) < 4.78 is 13.6. The molecule has 0 spiro atoms. The Hall–Kier alpha value is -3.06. The number of benzene rings is 2. The number of carbonyl (C=O) groups is 2. The Morgan fingerprint density at radius 1 is 1.26 bits per heavy atom. The Morgan fingerprint density at radius 3 is 2.89 bits per heavy atom. The number of fused-ring (bicyclic) bond motifs is 1. The maximum Gasteiger partial charge on any atom is 0.228 e. The number of hydrogen-bond donors (Lipinski definition) is 2. The molecular formula is C20H16FN3O2S. The van der Waals surface area contributed by atoms with Crippen LogP contribution >= 0.6 is 11.3 Å². The molecule has 1 unspecified atom stereocenters. The zero-order chi connectivity index (χ0) is 18.8. The van der Waals surface area contributed by atoms with Gasteiger partial charge in [0.25, 0.3) is 0 Å². The van der Waals surface area contributed by atoms with Gasteiger partial charge in [0.05, 0.1) is 12.5 Å². The summed E-state index contributed by atoms with van der Waals surface area (Å²) in [6.45, 7) is 0.312. The zero-order valence-corrected chi connectivity index (χ0v) is 15.1. The number of carbonyl (C=O) groups excluding carboxylic acids is 2. The predicted molar refractivity (Wildman–Crippen MR) is 102 cm³/mol. The Balaban J connectivity index is 1.47. The first-order valence-electron chi connectivity index (χ1n) is 8.47. The van der Waals surface area contributed by atoms with Crippen molar-refractivity contribution in [3.63, 3.8) is 0 Å². The van der Waals surface area contributed by atoms with Gasteiger partial charge in [0.15, 0.2) is 0 Å². The van der Waals surface area contributed by atoms with Crippen LogP contribution in [0.4, 0.5) is 10.1 Å². The van der Waals surface area contributed by atoms with Crippen molar-refractivity contribution in [2.24, 2.45) is 0 Å². The molecule has 1 atom stereocenters. The van der Waals surface area contributed by atoms with Gasteiger partial charge in [-0.3, -0.25) is 9.59 Å². The smallest absolute Gasteiger partial charge is 0.228 e. The van der Waals surface area contributed by atoms with Crippen LogP contribution in [-0.2, 0) is 16.1 Å². The number of nitrogens with one attached hydrogen (secondary N) is 2. The van der Waals surface area contributed by atoms with E-state index in [0.29, 0.717) is 17.8 Å². The van der Waals surface area contributed by atoms with E-state index < -0.39 is 11.7 Å². The lowest BCUT2D eigenvalue weighted by Crippen LogP contribution is -2.34. The van der Waals surface area contributed by atoms with Gasteiger partial charge in [-0.1, -0.05) is 30.3 Å². The molecule has 1 aliphatic heterocycles. The third-order valence-corrected chi connectivity index (χ3v) is 5.43. The highest BCUT2D eigenvalue weighted by Crippen LogP contribution is 2.33. The summed E-state index contributed by atoms with van der Waals surface area (Å²) in [5, 5.41) is 6.40. The molecule has 0 fully saturated rings. The summed E-state index contributed by atoms with van der Waals surface area (Å²) >= 11 is 1.50. The highest BCUT2D eigenvalue weighted by Gasteiger charge is 2.31. The van der Waals surface area contributed by atoms with Crippen LogP contribution in [0.5, 0.6) is 0 Å². The molecular weight excluding hydrogens is 365 g/mol.